The molecule has 0 aliphatic carbocycles. The Morgan fingerprint density at radius 3 is 2.53 bits per heavy atom. The van der Waals surface area contributed by atoms with Crippen LogP contribution in [0.3, 0.4) is 0 Å². The van der Waals surface area contributed by atoms with Gasteiger partial charge < -0.3 is 4.90 Å². The Hall–Kier alpha value is -0.830. The number of carbonyl (C=O) groups is 1. The van der Waals surface area contributed by atoms with Crippen LogP contribution < -0.4 is 0 Å². The van der Waals surface area contributed by atoms with Gasteiger partial charge in [0.15, 0.2) is 0 Å². The number of hydrogen-bond donors (Lipinski definition) is 0. The van der Waals surface area contributed by atoms with E-state index in [0.29, 0.717) is 12.5 Å². The molecule has 2 nitrogen and oxygen atoms in total. The molecule has 1 unspecified atom stereocenters. The first kappa shape index (κ1) is 14.2. The van der Waals surface area contributed by atoms with Crippen LogP contribution >= 0.6 is 15.9 Å². The van der Waals surface area contributed by atoms with E-state index in [-0.39, 0.29) is 11.8 Å². The first-order chi connectivity index (χ1) is 7.91. The van der Waals surface area contributed by atoms with Crippen molar-refractivity contribution in [1.29, 1.82) is 0 Å². The van der Waals surface area contributed by atoms with E-state index in [1.807, 2.05) is 38.2 Å². The Kier molecular flexibility index (Phi) is 5.19. The lowest BCUT2D eigenvalue weighted by Crippen LogP contribution is -2.33. The second-order valence-corrected chi connectivity index (χ2v) is 5.77. The van der Waals surface area contributed by atoms with Gasteiger partial charge in [-0.1, -0.05) is 48.8 Å². The van der Waals surface area contributed by atoms with Gasteiger partial charge in [-0.3, -0.25) is 4.79 Å². The third-order valence-electron chi connectivity index (χ3n) is 3.07. The van der Waals surface area contributed by atoms with Gasteiger partial charge in [-0.25, -0.2) is 0 Å². The fourth-order valence-corrected chi connectivity index (χ4v) is 2.07. The third-order valence-corrected chi connectivity index (χ3v) is 3.57. The van der Waals surface area contributed by atoms with Crippen LogP contribution in [0.1, 0.15) is 26.3 Å². The van der Waals surface area contributed by atoms with Gasteiger partial charge in [-0.15, -0.1) is 0 Å². The molecular formula is C14H20BrNO. The number of halogens is 1. The SMILES string of the molecule is CC(C)C(C)C(=O)N(C)Cc1cccc(Br)c1. The smallest absolute Gasteiger partial charge is 0.225 e. The molecule has 1 amide bonds. The lowest BCUT2D eigenvalue weighted by atomic mass is 9.96. The zero-order chi connectivity index (χ0) is 13.0. The molecule has 0 aliphatic rings. The summed E-state index contributed by atoms with van der Waals surface area (Å²) < 4.78 is 1.05. The number of carbonyl (C=O) groups excluding carboxylic acids is 1. The van der Waals surface area contributed by atoms with Crippen molar-refractivity contribution in [3.05, 3.63) is 34.3 Å². The van der Waals surface area contributed by atoms with Crippen LogP contribution in [0.25, 0.3) is 0 Å². The Labute approximate surface area is 112 Å². The quantitative estimate of drug-likeness (QED) is 0.830. The third kappa shape index (κ3) is 4.15. The van der Waals surface area contributed by atoms with Crippen LogP contribution in [0.2, 0.25) is 0 Å². The topological polar surface area (TPSA) is 20.3 Å². The van der Waals surface area contributed by atoms with Crippen molar-refractivity contribution in [2.45, 2.75) is 27.3 Å². The molecule has 0 aromatic heterocycles. The first-order valence-corrected chi connectivity index (χ1v) is 6.70. The molecule has 0 spiro atoms. The Bertz CT molecular complexity index is 390. The highest BCUT2D eigenvalue weighted by atomic mass is 79.9. The molecule has 3 heteroatoms. The summed E-state index contributed by atoms with van der Waals surface area (Å²) in [6, 6.07) is 8.06. The minimum Gasteiger partial charge on any atom is -0.341 e. The number of benzene rings is 1. The van der Waals surface area contributed by atoms with Crippen molar-refractivity contribution in [2.24, 2.45) is 11.8 Å². The number of amides is 1. The molecule has 0 saturated heterocycles. The average molecular weight is 298 g/mol. The molecule has 0 aliphatic heterocycles. The van der Waals surface area contributed by atoms with E-state index >= 15 is 0 Å². The molecule has 94 valence electrons. The highest BCUT2D eigenvalue weighted by Crippen LogP contribution is 2.16. The van der Waals surface area contributed by atoms with Crippen LogP contribution in [-0.4, -0.2) is 17.9 Å². The molecular weight excluding hydrogens is 278 g/mol. The number of hydrogen-bond acceptors (Lipinski definition) is 1. The lowest BCUT2D eigenvalue weighted by molar-refractivity contribution is -0.135. The molecule has 0 N–H and O–H groups in total. The van der Waals surface area contributed by atoms with E-state index in [0.717, 1.165) is 10.0 Å². The standard InChI is InChI=1S/C14H20BrNO/c1-10(2)11(3)14(17)16(4)9-12-6-5-7-13(15)8-12/h5-8,10-11H,9H2,1-4H3. The molecule has 0 heterocycles. The minimum absolute atomic E-state index is 0.0761. The predicted octanol–water partition coefficient (Wildman–Crippen LogP) is 3.70. The maximum atomic E-state index is 12.1. The molecule has 1 rings (SSSR count). The second kappa shape index (κ2) is 6.20. The van der Waals surface area contributed by atoms with Crippen molar-refractivity contribution in [3.8, 4) is 0 Å². The van der Waals surface area contributed by atoms with Crippen LogP contribution in [0.15, 0.2) is 28.7 Å². The van der Waals surface area contributed by atoms with Crippen LogP contribution in [0.5, 0.6) is 0 Å². The largest absolute Gasteiger partial charge is 0.341 e. The molecule has 17 heavy (non-hydrogen) atoms. The predicted molar refractivity (Wildman–Crippen MR) is 74.6 cm³/mol. The van der Waals surface area contributed by atoms with E-state index in [1.54, 1.807) is 4.90 Å². The van der Waals surface area contributed by atoms with Crippen molar-refractivity contribution in [3.63, 3.8) is 0 Å². The van der Waals surface area contributed by atoms with Crippen LogP contribution in [0.4, 0.5) is 0 Å². The summed E-state index contributed by atoms with van der Waals surface area (Å²) in [5, 5.41) is 0. The second-order valence-electron chi connectivity index (χ2n) is 4.86. The van der Waals surface area contributed by atoms with Crippen molar-refractivity contribution >= 4 is 21.8 Å². The van der Waals surface area contributed by atoms with Gasteiger partial charge in [0.1, 0.15) is 0 Å². The van der Waals surface area contributed by atoms with E-state index < -0.39 is 0 Å². The Balaban J connectivity index is 2.66. The van der Waals surface area contributed by atoms with Gasteiger partial charge >= 0.3 is 0 Å². The van der Waals surface area contributed by atoms with Gasteiger partial charge in [0.25, 0.3) is 0 Å². The summed E-state index contributed by atoms with van der Waals surface area (Å²) >= 11 is 3.44. The average Bonchev–Trinajstić information content (AvgIpc) is 2.26. The maximum Gasteiger partial charge on any atom is 0.225 e. The van der Waals surface area contributed by atoms with Crippen LogP contribution in [-0.2, 0) is 11.3 Å². The fourth-order valence-electron chi connectivity index (χ4n) is 1.62. The Morgan fingerprint density at radius 2 is 2.00 bits per heavy atom. The highest BCUT2D eigenvalue weighted by molar-refractivity contribution is 9.10. The molecule has 1 aromatic carbocycles. The van der Waals surface area contributed by atoms with Crippen molar-refractivity contribution < 1.29 is 4.79 Å². The van der Waals surface area contributed by atoms with E-state index in [1.165, 1.54) is 0 Å². The zero-order valence-corrected chi connectivity index (χ0v) is 12.5. The van der Waals surface area contributed by atoms with Crippen molar-refractivity contribution in [2.75, 3.05) is 7.05 Å². The van der Waals surface area contributed by atoms with Gasteiger partial charge in [-0.05, 0) is 23.6 Å². The first-order valence-electron chi connectivity index (χ1n) is 5.91. The maximum absolute atomic E-state index is 12.1. The number of rotatable bonds is 4. The number of nitrogens with zero attached hydrogens (tertiary/aromatic N) is 1. The van der Waals surface area contributed by atoms with Gasteiger partial charge in [0.2, 0.25) is 5.91 Å². The van der Waals surface area contributed by atoms with Gasteiger partial charge in [-0.2, -0.15) is 0 Å². The summed E-state index contributed by atoms with van der Waals surface area (Å²) in [6.45, 7) is 6.81. The summed E-state index contributed by atoms with van der Waals surface area (Å²) in [6.07, 6.45) is 0. The molecule has 1 aromatic rings. The minimum atomic E-state index is 0.0761. The highest BCUT2D eigenvalue weighted by Gasteiger charge is 2.20. The Morgan fingerprint density at radius 1 is 1.35 bits per heavy atom. The van der Waals surface area contributed by atoms with Crippen molar-refractivity contribution in [1.82, 2.24) is 4.90 Å². The molecule has 0 saturated carbocycles. The zero-order valence-electron chi connectivity index (χ0n) is 10.9. The van der Waals surface area contributed by atoms with E-state index in [2.05, 4.69) is 29.8 Å². The molecule has 0 radical (unpaired) electrons. The summed E-state index contributed by atoms with van der Waals surface area (Å²) in [4.78, 5) is 13.9. The van der Waals surface area contributed by atoms with E-state index in [4.69, 9.17) is 0 Å². The van der Waals surface area contributed by atoms with E-state index in [9.17, 15) is 4.79 Å². The van der Waals surface area contributed by atoms with Gasteiger partial charge in [0, 0.05) is 24.0 Å². The summed E-state index contributed by atoms with van der Waals surface area (Å²) in [7, 11) is 1.86. The molecule has 0 fully saturated rings. The fraction of sp³-hybridized carbons (Fsp3) is 0.500. The monoisotopic (exact) mass is 297 g/mol. The van der Waals surface area contributed by atoms with Gasteiger partial charge in [0.05, 0.1) is 0 Å². The summed E-state index contributed by atoms with van der Waals surface area (Å²) in [5.41, 5.74) is 1.14. The lowest BCUT2D eigenvalue weighted by Gasteiger charge is -2.23. The molecule has 0 bridgehead atoms. The molecule has 1 atom stereocenters. The van der Waals surface area contributed by atoms with Crippen LogP contribution in [0, 0.1) is 11.8 Å². The summed E-state index contributed by atoms with van der Waals surface area (Å²) in [5.74, 6) is 0.666. The normalized spacial score (nSPS) is 12.6.